The lowest BCUT2D eigenvalue weighted by atomic mass is 10.1. The van der Waals surface area contributed by atoms with E-state index in [2.05, 4.69) is 17.4 Å². The van der Waals surface area contributed by atoms with Gasteiger partial charge in [-0.25, -0.2) is 8.78 Å². The third-order valence-corrected chi connectivity index (χ3v) is 4.22. The van der Waals surface area contributed by atoms with Crippen LogP contribution in [-0.4, -0.2) is 6.04 Å². The molecular formula is C16H16F2N2S. The zero-order chi connectivity index (χ0) is 15.4. The summed E-state index contributed by atoms with van der Waals surface area (Å²) in [4.78, 5) is 2.50. The first-order valence-corrected chi connectivity index (χ1v) is 7.48. The van der Waals surface area contributed by atoms with E-state index in [1.165, 1.54) is 9.75 Å². The van der Waals surface area contributed by atoms with Crippen molar-refractivity contribution >= 4 is 11.3 Å². The standard InChI is InChI=1S/C16H16F2N2S/c1-10(5-13-4-3-11(2)21-13)20-9-14-15(17)6-12(8-19)7-16(14)18/h3-4,6-7,10,20H,5,9H2,1-2H3. The SMILES string of the molecule is Cc1ccc(CC(C)NCc2c(F)cc(C#N)cc2F)s1. The molecule has 0 radical (unpaired) electrons. The van der Waals surface area contributed by atoms with Gasteiger partial charge in [-0.15, -0.1) is 11.3 Å². The van der Waals surface area contributed by atoms with Crippen molar-refractivity contribution in [2.75, 3.05) is 0 Å². The molecule has 21 heavy (non-hydrogen) atoms. The second-order valence-electron chi connectivity index (χ2n) is 5.03. The average molecular weight is 306 g/mol. The second kappa shape index (κ2) is 6.79. The number of nitrogens with zero attached hydrogens (tertiary/aromatic N) is 1. The Labute approximate surface area is 127 Å². The predicted molar refractivity (Wildman–Crippen MR) is 80.1 cm³/mol. The highest BCUT2D eigenvalue weighted by atomic mass is 32.1. The van der Waals surface area contributed by atoms with Crippen LogP contribution in [0.25, 0.3) is 0 Å². The van der Waals surface area contributed by atoms with E-state index in [1.54, 1.807) is 17.4 Å². The molecule has 0 fully saturated rings. The van der Waals surface area contributed by atoms with Gasteiger partial charge in [0.2, 0.25) is 0 Å². The van der Waals surface area contributed by atoms with Crippen LogP contribution in [0, 0.1) is 29.9 Å². The van der Waals surface area contributed by atoms with Gasteiger partial charge < -0.3 is 5.32 Å². The minimum absolute atomic E-state index is 0.00383. The maximum absolute atomic E-state index is 13.7. The molecule has 1 atom stereocenters. The molecule has 1 N–H and O–H groups in total. The Morgan fingerprint density at radius 3 is 2.48 bits per heavy atom. The first-order chi connectivity index (χ1) is 9.99. The van der Waals surface area contributed by atoms with E-state index < -0.39 is 11.6 Å². The molecule has 0 bridgehead atoms. The van der Waals surface area contributed by atoms with Crippen LogP contribution in [0.3, 0.4) is 0 Å². The maximum Gasteiger partial charge on any atom is 0.131 e. The molecule has 1 aromatic carbocycles. The van der Waals surface area contributed by atoms with Crippen molar-refractivity contribution in [3.63, 3.8) is 0 Å². The fourth-order valence-corrected chi connectivity index (χ4v) is 3.10. The van der Waals surface area contributed by atoms with Crippen molar-refractivity contribution in [2.45, 2.75) is 32.9 Å². The van der Waals surface area contributed by atoms with Crippen molar-refractivity contribution in [3.8, 4) is 6.07 Å². The van der Waals surface area contributed by atoms with Crippen LogP contribution >= 0.6 is 11.3 Å². The van der Waals surface area contributed by atoms with Gasteiger partial charge in [-0.3, -0.25) is 0 Å². The van der Waals surface area contributed by atoms with Gasteiger partial charge in [-0.2, -0.15) is 5.26 Å². The van der Waals surface area contributed by atoms with E-state index in [1.807, 2.05) is 13.8 Å². The number of halogens is 2. The van der Waals surface area contributed by atoms with E-state index in [9.17, 15) is 8.78 Å². The van der Waals surface area contributed by atoms with Crippen LogP contribution in [0.4, 0.5) is 8.78 Å². The smallest absolute Gasteiger partial charge is 0.131 e. The summed E-state index contributed by atoms with van der Waals surface area (Å²) in [5, 5.41) is 11.8. The summed E-state index contributed by atoms with van der Waals surface area (Å²) in [5.41, 5.74) is -0.0286. The molecule has 0 saturated heterocycles. The maximum atomic E-state index is 13.7. The molecule has 0 aliphatic rings. The fourth-order valence-electron chi connectivity index (χ4n) is 2.08. The number of nitrogens with one attached hydrogen (secondary N) is 1. The Hall–Kier alpha value is -1.77. The lowest BCUT2D eigenvalue weighted by Gasteiger charge is -2.14. The van der Waals surface area contributed by atoms with Crippen LogP contribution in [0.5, 0.6) is 0 Å². The van der Waals surface area contributed by atoms with E-state index in [0.717, 1.165) is 18.6 Å². The lowest BCUT2D eigenvalue weighted by Crippen LogP contribution is -2.28. The van der Waals surface area contributed by atoms with Crippen molar-refractivity contribution in [1.29, 1.82) is 5.26 Å². The van der Waals surface area contributed by atoms with Crippen molar-refractivity contribution in [3.05, 3.63) is 56.8 Å². The third kappa shape index (κ3) is 4.10. The molecule has 0 aliphatic carbocycles. The average Bonchev–Trinajstić information content (AvgIpc) is 2.82. The molecule has 1 unspecified atom stereocenters. The number of hydrogen-bond acceptors (Lipinski definition) is 3. The highest BCUT2D eigenvalue weighted by Crippen LogP contribution is 2.18. The Kier molecular flexibility index (Phi) is 5.05. The van der Waals surface area contributed by atoms with Crippen LogP contribution in [0.1, 0.15) is 27.8 Å². The fraction of sp³-hybridized carbons (Fsp3) is 0.312. The number of thiophene rings is 1. The molecule has 0 spiro atoms. The van der Waals surface area contributed by atoms with Gasteiger partial charge in [-0.05, 0) is 44.5 Å². The van der Waals surface area contributed by atoms with E-state index >= 15 is 0 Å². The van der Waals surface area contributed by atoms with Crippen molar-refractivity contribution in [1.82, 2.24) is 5.32 Å². The third-order valence-electron chi connectivity index (χ3n) is 3.20. The minimum Gasteiger partial charge on any atom is -0.310 e. The predicted octanol–water partition coefficient (Wildman–Crippen LogP) is 3.93. The van der Waals surface area contributed by atoms with Gasteiger partial charge in [0.05, 0.1) is 11.6 Å². The summed E-state index contributed by atoms with van der Waals surface area (Å²) in [6, 6.07) is 8.10. The van der Waals surface area contributed by atoms with Crippen molar-refractivity contribution < 1.29 is 8.78 Å². The molecule has 1 heterocycles. The first-order valence-electron chi connectivity index (χ1n) is 6.66. The van der Waals surface area contributed by atoms with Gasteiger partial charge in [0.25, 0.3) is 0 Å². The van der Waals surface area contributed by atoms with Gasteiger partial charge in [0, 0.05) is 27.9 Å². The first kappa shape index (κ1) is 15.6. The highest BCUT2D eigenvalue weighted by molar-refractivity contribution is 7.11. The number of aryl methyl sites for hydroxylation is 1. The zero-order valence-electron chi connectivity index (χ0n) is 11.9. The van der Waals surface area contributed by atoms with Crippen LogP contribution in [-0.2, 0) is 13.0 Å². The van der Waals surface area contributed by atoms with Crippen LogP contribution in [0.2, 0.25) is 0 Å². The molecule has 5 heteroatoms. The molecule has 2 nitrogen and oxygen atoms in total. The summed E-state index contributed by atoms with van der Waals surface area (Å²) in [5.74, 6) is -1.36. The quantitative estimate of drug-likeness (QED) is 0.908. The molecule has 0 saturated carbocycles. The molecule has 110 valence electrons. The molecule has 0 aliphatic heterocycles. The molecule has 2 rings (SSSR count). The second-order valence-corrected chi connectivity index (χ2v) is 6.40. The van der Waals surface area contributed by atoms with Gasteiger partial charge in [-0.1, -0.05) is 0 Å². The summed E-state index contributed by atoms with van der Waals surface area (Å²) in [6.45, 7) is 4.14. The summed E-state index contributed by atoms with van der Waals surface area (Å²) >= 11 is 1.72. The molecule has 2 aromatic rings. The summed E-state index contributed by atoms with van der Waals surface area (Å²) < 4.78 is 27.5. The summed E-state index contributed by atoms with van der Waals surface area (Å²) in [7, 11) is 0. The van der Waals surface area contributed by atoms with Gasteiger partial charge >= 0.3 is 0 Å². The molecule has 1 aromatic heterocycles. The van der Waals surface area contributed by atoms with Crippen LogP contribution < -0.4 is 5.32 Å². The van der Waals surface area contributed by atoms with Gasteiger partial charge in [0.15, 0.2) is 0 Å². The van der Waals surface area contributed by atoms with E-state index in [-0.39, 0.29) is 23.7 Å². The van der Waals surface area contributed by atoms with Gasteiger partial charge in [0.1, 0.15) is 11.6 Å². The monoisotopic (exact) mass is 306 g/mol. The Morgan fingerprint density at radius 1 is 1.29 bits per heavy atom. The normalized spacial score (nSPS) is 12.1. The number of hydrogen-bond donors (Lipinski definition) is 1. The Balaban J connectivity index is 1.98. The molecule has 0 amide bonds. The van der Waals surface area contributed by atoms with Crippen LogP contribution in [0.15, 0.2) is 24.3 Å². The topological polar surface area (TPSA) is 35.8 Å². The molecular weight excluding hydrogens is 290 g/mol. The van der Waals surface area contributed by atoms with E-state index in [4.69, 9.17) is 5.26 Å². The Bertz CT molecular complexity index is 650. The lowest BCUT2D eigenvalue weighted by molar-refractivity contribution is 0.499. The summed E-state index contributed by atoms with van der Waals surface area (Å²) in [6.07, 6.45) is 0.817. The highest BCUT2D eigenvalue weighted by Gasteiger charge is 2.13. The van der Waals surface area contributed by atoms with Crippen molar-refractivity contribution in [2.24, 2.45) is 0 Å². The largest absolute Gasteiger partial charge is 0.310 e. The number of nitriles is 1. The van der Waals surface area contributed by atoms with E-state index in [0.29, 0.717) is 0 Å². The Morgan fingerprint density at radius 2 is 1.95 bits per heavy atom. The minimum atomic E-state index is -0.682. The number of benzene rings is 1. The number of rotatable bonds is 5. The zero-order valence-corrected chi connectivity index (χ0v) is 12.7.